The standard InChI is InChI=1S/C11H17NO2/c1-3-10-8-12(9(2)14)6-4-11(10)5-7-13/h3,7,10-11H,1,4-6,8H2,2H3/t10-,11+/m0/s1. The summed E-state index contributed by atoms with van der Waals surface area (Å²) in [7, 11) is 0. The second-order valence-corrected chi connectivity index (χ2v) is 3.82. The first-order valence-corrected chi connectivity index (χ1v) is 5.00. The molecule has 0 unspecified atom stereocenters. The number of carbonyl (C=O) groups excluding carboxylic acids is 2. The third kappa shape index (κ3) is 2.44. The summed E-state index contributed by atoms with van der Waals surface area (Å²) in [5, 5.41) is 0. The molecule has 1 aliphatic rings. The van der Waals surface area contributed by atoms with Gasteiger partial charge in [0.05, 0.1) is 0 Å². The molecule has 2 atom stereocenters. The lowest BCUT2D eigenvalue weighted by Gasteiger charge is -2.36. The van der Waals surface area contributed by atoms with Gasteiger partial charge in [-0.3, -0.25) is 4.79 Å². The van der Waals surface area contributed by atoms with E-state index in [9.17, 15) is 9.59 Å². The lowest BCUT2D eigenvalue weighted by molar-refractivity contribution is -0.131. The van der Waals surface area contributed by atoms with Crippen LogP contribution in [-0.2, 0) is 9.59 Å². The molecule has 0 aromatic carbocycles. The molecule has 1 amide bonds. The SMILES string of the molecule is C=C[C@H]1CN(C(C)=O)CC[C@@H]1CC=O. The summed E-state index contributed by atoms with van der Waals surface area (Å²) in [6, 6.07) is 0. The van der Waals surface area contributed by atoms with Crippen molar-refractivity contribution in [1.29, 1.82) is 0 Å². The van der Waals surface area contributed by atoms with Crippen molar-refractivity contribution in [2.24, 2.45) is 11.8 Å². The third-order valence-corrected chi connectivity index (χ3v) is 2.95. The Kier molecular flexibility index (Phi) is 3.86. The van der Waals surface area contributed by atoms with Gasteiger partial charge in [-0.05, 0) is 18.3 Å². The molecule has 0 bridgehead atoms. The molecule has 0 aliphatic carbocycles. The minimum Gasteiger partial charge on any atom is -0.342 e. The van der Waals surface area contributed by atoms with Gasteiger partial charge < -0.3 is 9.69 Å². The second kappa shape index (κ2) is 4.94. The van der Waals surface area contributed by atoms with Gasteiger partial charge >= 0.3 is 0 Å². The molecule has 0 aromatic heterocycles. The molecule has 3 nitrogen and oxygen atoms in total. The van der Waals surface area contributed by atoms with E-state index in [1.54, 1.807) is 6.92 Å². The van der Waals surface area contributed by atoms with Crippen LogP contribution < -0.4 is 0 Å². The van der Waals surface area contributed by atoms with Crippen LogP contribution in [0.4, 0.5) is 0 Å². The molecule has 0 saturated carbocycles. The average molecular weight is 195 g/mol. The van der Waals surface area contributed by atoms with Crippen LogP contribution in [0.15, 0.2) is 12.7 Å². The van der Waals surface area contributed by atoms with Gasteiger partial charge in [0.15, 0.2) is 0 Å². The van der Waals surface area contributed by atoms with Crippen LogP contribution in [0.2, 0.25) is 0 Å². The van der Waals surface area contributed by atoms with Gasteiger partial charge in [-0.1, -0.05) is 6.08 Å². The number of likely N-dealkylation sites (tertiary alicyclic amines) is 1. The maximum Gasteiger partial charge on any atom is 0.219 e. The molecule has 1 fully saturated rings. The third-order valence-electron chi connectivity index (χ3n) is 2.95. The normalized spacial score (nSPS) is 27.1. The average Bonchev–Trinajstić information content (AvgIpc) is 2.18. The smallest absolute Gasteiger partial charge is 0.219 e. The van der Waals surface area contributed by atoms with Crippen LogP contribution in [0.1, 0.15) is 19.8 Å². The Morgan fingerprint density at radius 1 is 1.64 bits per heavy atom. The number of amides is 1. The zero-order chi connectivity index (χ0) is 10.6. The van der Waals surface area contributed by atoms with Gasteiger partial charge in [-0.25, -0.2) is 0 Å². The molecular weight excluding hydrogens is 178 g/mol. The number of rotatable bonds is 3. The number of aldehydes is 1. The molecule has 0 N–H and O–H groups in total. The van der Waals surface area contributed by atoms with Crippen LogP contribution in [0, 0.1) is 11.8 Å². The van der Waals surface area contributed by atoms with Crippen LogP contribution in [0.25, 0.3) is 0 Å². The molecule has 0 radical (unpaired) electrons. The quantitative estimate of drug-likeness (QED) is 0.502. The monoisotopic (exact) mass is 195 g/mol. The highest BCUT2D eigenvalue weighted by atomic mass is 16.2. The predicted molar refractivity (Wildman–Crippen MR) is 54.7 cm³/mol. The van der Waals surface area contributed by atoms with Gasteiger partial charge in [0, 0.05) is 26.4 Å². The molecule has 3 heteroatoms. The van der Waals surface area contributed by atoms with E-state index < -0.39 is 0 Å². The Hall–Kier alpha value is -1.12. The van der Waals surface area contributed by atoms with Gasteiger partial charge in [0.1, 0.15) is 6.29 Å². The summed E-state index contributed by atoms with van der Waals surface area (Å²) in [6.07, 6.45) is 4.32. The van der Waals surface area contributed by atoms with E-state index >= 15 is 0 Å². The van der Waals surface area contributed by atoms with Crippen molar-refractivity contribution in [2.45, 2.75) is 19.8 Å². The minimum atomic E-state index is 0.112. The Morgan fingerprint density at radius 2 is 2.36 bits per heavy atom. The Balaban J connectivity index is 2.58. The number of hydrogen-bond acceptors (Lipinski definition) is 2. The van der Waals surface area contributed by atoms with Crippen molar-refractivity contribution >= 4 is 12.2 Å². The fraction of sp³-hybridized carbons (Fsp3) is 0.636. The highest BCUT2D eigenvalue weighted by Gasteiger charge is 2.27. The summed E-state index contributed by atoms with van der Waals surface area (Å²) in [4.78, 5) is 23.4. The molecule has 14 heavy (non-hydrogen) atoms. The first-order chi connectivity index (χ1) is 6.69. The van der Waals surface area contributed by atoms with E-state index in [0.717, 1.165) is 25.8 Å². The predicted octanol–water partition coefficient (Wildman–Crippen LogP) is 1.25. The van der Waals surface area contributed by atoms with E-state index in [-0.39, 0.29) is 11.8 Å². The van der Waals surface area contributed by atoms with Crippen LogP contribution in [0.3, 0.4) is 0 Å². The second-order valence-electron chi connectivity index (χ2n) is 3.82. The van der Waals surface area contributed by atoms with Crippen molar-refractivity contribution in [3.8, 4) is 0 Å². The topological polar surface area (TPSA) is 37.4 Å². The Bertz CT molecular complexity index is 237. The van der Waals surface area contributed by atoms with Crippen LogP contribution >= 0.6 is 0 Å². The van der Waals surface area contributed by atoms with Crippen molar-refractivity contribution < 1.29 is 9.59 Å². The Morgan fingerprint density at radius 3 is 2.86 bits per heavy atom. The van der Waals surface area contributed by atoms with Gasteiger partial charge in [-0.15, -0.1) is 6.58 Å². The van der Waals surface area contributed by atoms with Gasteiger partial charge in [0.25, 0.3) is 0 Å². The molecule has 0 spiro atoms. The summed E-state index contributed by atoms with van der Waals surface area (Å²) >= 11 is 0. The highest BCUT2D eigenvalue weighted by Crippen LogP contribution is 2.26. The largest absolute Gasteiger partial charge is 0.342 e. The number of nitrogens with zero attached hydrogens (tertiary/aromatic N) is 1. The summed E-state index contributed by atoms with van der Waals surface area (Å²) in [5.74, 6) is 0.764. The van der Waals surface area contributed by atoms with Crippen molar-refractivity contribution in [3.63, 3.8) is 0 Å². The molecule has 1 aliphatic heterocycles. The summed E-state index contributed by atoms with van der Waals surface area (Å²) < 4.78 is 0. The summed E-state index contributed by atoms with van der Waals surface area (Å²) in [5.41, 5.74) is 0. The van der Waals surface area contributed by atoms with Crippen molar-refractivity contribution in [3.05, 3.63) is 12.7 Å². The van der Waals surface area contributed by atoms with E-state index in [2.05, 4.69) is 6.58 Å². The zero-order valence-electron chi connectivity index (χ0n) is 8.61. The fourth-order valence-corrected chi connectivity index (χ4v) is 2.00. The minimum absolute atomic E-state index is 0.112. The van der Waals surface area contributed by atoms with Crippen molar-refractivity contribution in [2.75, 3.05) is 13.1 Å². The first-order valence-electron chi connectivity index (χ1n) is 5.00. The highest BCUT2D eigenvalue weighted by molar-refractivity contribution is 5.73. The first kappa shape index (κ1) is 11.0. The molecular formula is C11H17NO2. The molecule has 1 saturated heterocycles. The Labute approximate surface area is 84.8 Å². The molecule has 1 rings (SSSR count). The fourth-order valence-electron chi connectivity index (χ4n) is 2.00. The van der Waals surface area contributed by atoms with Gasteiger partial charge in [-0.2, -0.15) is 0 Å². The molecule has 1 heterocycles. The lowest BCUT2D eigenvalue weighted by atomic mass is 9.83. The maximum absolute atomic E-state index is 11.1. The van der Waals surface area contributed by atoms with E-state index in [0.29, 0.717) is 12.3 Å². The van der Waals surface area contributed by atoms with Crippen LogP contribution in [-0.4, -0.2) is 30.2 Å². The van der Waals surface area contributed by atoms with Crippen molar-refractivity contribution in [1.82, 2.24) is 4.90 Å². The number of piperidine rings is 1. The molecule has 78 valence electrons. The number of carbonyl (C=O) groups is 2. The lowest BCUT2D eigenvalue weighted by Crippen LogP contribution is -2.42. The van der Waals surface area contributed by atoms with E-state index in [1.807, 2.05) is 11.0 Å². The maximum atomic E-state index is 11.1. The van der Waals surface area contributed by atoms with E-state index in [1.165, 1.54) is 0 Å². The van der Waals surface area contributed by atoms with Gasteiger partial charge in [0.2, 0.25) is 5.91 Å². The van der Waals surface area contributed by atoms with Crippen LogP contribution in [0.5, 0.6) is 0 Å². The summed E-state index contributed by atoms with van der Waals surface area (Å²) in [6.45, 7) is 6.84. The number of hydrogen-bond donors (Lipinski definition) is 0. The zero-order valence-corrected chi connectivity index (χ0v) is 8.61. The molecule has 0 aromatic rings. The van der Waals surface area contributed by atoms with E-state index in [4.69, 9.17) is 0 Å².